The van der Waals surface area contributed by atoms with Crippen LogP contribution in [0.15, 0.2) is 28.9 Å². The second kappa shape index (κ2) is 4.98. The molecule has 0 radical (unpaired) electrons. The van der Waals surface area contributed by atoms with Gasteiger partial charge in [0.05, 0.1) is 0 Å². The van der Waals surface area contributed by atoms with Gasteiger partial charge in [-0.3, -0.25) is 10.1 Å². The second-order valence-electron chi connectivity index (χ2n) is 5.04. The first-order valence-corrected chi connectivity index (χ1v) is 7.16. The van der Waals surface area contributed by atoms with Crippen LogP contribution in [0.5, 0.6) is 0 Å². The summed E-state index contributed by atoms with van der Waals surface area (Å²) in [4.78, 5) is 14.4. The molecule has 2 aromatic rings. The van der Waals surface area contributed by atoms with E-state index in [0.717, 1.165) is 33.8 Å². The van der Waals surface area contributed by atoms with Gasteiger partial charge in [-0.05, 0) is 42.5 Å². The summed E-state index contributed by atoms with van der Waals surface area (Å²) < 4.78 is 1.03. The Bertz CT molecular complexity index is 619. The van der Waals surface area contributed by atoms with Crippen molar-refractivity contribution in [1.29, 1.82) is 0 Å². The van der Waals surface area contributed by atoms with Crippen molar-refractivity contribution in [1.82, 2.24) is 10.3 Å². The van der Waals surface area contributed by atoms with E-state index in [1.54, 1.807) is 0 Å². The zero-order chi connectivity index (χ0) is 13.4. The quantitative estimate of drug-likeness (QED) is 0.793. The van der Waals surface area contributed by atoms with Crippen LogP contribution in [-0.2, 0) is 11.3 Å². The van der Waals surface area contributed by atoms with Crippen molar-refractivity contribution in [3.63, 3.8) is 0 Å². The van der Waals surface area contributed by atoms with Gasteiger partial charge in [-0.25, -0.2) is 0 Å². The number of hydrogen-bond acceptors (Lipinski definition) is 2. The minimum Gasteiger partial charge on any atom is -0.480 e. The van der Waals surface area contributed by atoms with Crippen LogP contribution >= 0.6 is 15.9 Å². The molecule has 0 amide bonds. The number of aromatic nitrogens is 1. The molecule has 3 N–H and O–H groups in total. The van der Waals surface area contributed by atoms with Crippen molar-refractivity contribution in [2.45, 2.75) is 25.4 Å². The van der Waals surface area contributed by atoms with Gasteiger partial charge in [0.25, 0.3) is 0 Å². The number of aromatic amines is 1. The fraction of sp³-hybridized carbons (Fsp3) is 0.357. The van der Waals surface area contributed by atoms with Crippen molar-refractivity contribution in [3.8, 4) is 0 Å². The summed E-state index contributed by atoms with van der Waals surface area (Å²) in [6.45, 7) is 0.573. The van der Waals surface area contributed by atoms with Gasteiger partial charge < -0.3 is 10.1 Å². The fourth-order valence-electron chi connectivity index (χ4n) is 2.40. The number of rotatable bonds is 5. The highest BCUT2D eigenvalue weighted by molar-refractivity contribution is 9.10. The van der Waals surface area contributed by atoms with Gasteiger partial charge in [-0.1, -0.05) is 15.9 Å². The molecule has 1 aliphatic carbocycles. The normalized spacial score (nSPS) is 16.7. The molecule has 1 aliphatic rings. The minimum absolute atomic E-state index is 0.300. The first-order valence-electron chi connectivity index (χ1n) is 6.37. The maximum absolute atomic E-state index is 11.2. The number of hydrogen-bond donors (Lipinski definition) is 3. The van der Waals surface area contributed by atoms with E-state index in [1.807, 2.05) is 18.3 Å². The van der Waals surface area contributed by atoms with Crippen molar-refractivity contribution in [2.75, 3.05) is 0 Å². The first-order chi connectivity index (χ1) is 9.15. The molecule has 5 heteroatoms. The molecule has 1 saturated carbocycles. The van der Waals surface area contributed by atoms with Crippen molar-refractivity contribution in [2.24, 2.45) is 5.92 Å². The van der Waals surface area contributed by atoms with Crippen LogP contribution in [-0.4, -0.2) is 22.1 Å². The first kappa shape index (κ1) is 12.7. The number of aliphatic carboxylic acids is 1. The maximum atomic E-state index is 11.2. The number of carboxylic acids is 1. The monoisotopic (exact) mass is 322 g/mol. The Morgan fingerprint density at radius 1 is 1.53 bits per heavy atom. The van der Waals surface area contributed by atoms with Gasteiger partial charge >= 0.3 is 5.97 Å². The number of nitrogens with one attached hydrogen (secondary N) is 2. The van der Waals surface area contributed by atoms with Gasteiger partial charge in [0.15, 0.2) is 0 Å². The minimum atomic E-state index is -0.747. The van der Waals surface area contributed by atoms with Crippen LogP contribution in [0.3, 0.4) is 0 Å². The van der Waals surface area contributed by atoms with Crippen LogP contribution < -0.4 is 5.32 Å². The number of benzene rings is 1. The zero-order valence-electron chi connectivity index (χ0n) is 10.3. The van der Waals surface area contributed by atoms with E-state index in [4.69, 9.17) is 0 Å². The highest BCUT2D eigenvalue weighted by Gasteiger charge is 2.35. The lowest BCUT2D eigenvalue weighted by molar-refractivity contribution is -0.140. The lowest BCUT2D eigenvalue weighted by Crippen LogP contribution is -2.37. The van der Waals surface area contributed by atoms with E-state index in [-0.39, 0.29) is 0 Å². The highest BCUT2D eigenvalue weighted by atomic mass is 79.9. The Morgan fingerprint density at radius 2 is 2.32 bits per heavy atom. The molecule has 1 aromatic heterocycles. The van der Waals surface area contributed by atoms with Crippen LogP contribution in [0, 0.1) is 5.92 Å². The summed E-state index contributed by atoms with van der Waals surface area (Å²) in [7, 11) is 0. The molecule has 0 saturated heterocycles. The SMILES string of the molecule is O=C(O)C(NCc1c[nH]c2ccc(Br)cc12)C1CC1. The van der Waals surface area contributed by atoms with Gasteiger partial charge in [-0.2, -0.15) is 0 Å². The van der Waals surface area contributed by atoms with Crippen molar-refractivity contribution >= 4 is 32.8 Å². The number of carbonyl (C=O) groups is 1. The Hall–Kier alpha value is -1.33. The van der Waals surface area contributed by atoms with Crippen LogP contribution in [0.1, 0.15) is 18.4 Å². The van der Waals surface area contributed by atoms with E-state index in [2.05, 4.69) is 32.3 Å². The predicted molar refractivity (Wildman–Crippen MR) is 77.0 cm³/mol. The Morgan fingerprint density at radius 3 is 3.00 bits per heavy atom. The molecular formula is C14H15BrN2O2. The molecule has 1 unspecified atom stereocenters. The van der Waals surface area contributed by atoms with E-state index in [0.29, 0.717) is 12.5 Å². The summed E-state index contributed by atoms with van der Waals surface area (Å²) in [6, 6.07) is 5.63. The maximum Gasteiger partial charge on any atom is 0.320 e. The summed E-state index contributed by atoms with van der Waals surface area (Å²) in [5.74, 6) is -0.446. The predicted octanol–water partition coefficient (Wildman–Crippen LogP) is 2.88. The molecule has 0 aliphatic heterocycles. The molecular weight excluding hydrogens is 308 g/mol. The van der Waals surface area contributed by atoms with E-state index >= 15 is 0 Å². The highest BCUT2D eigenvalue weighted by Crippen LogP contribution is 2.33. The van der Waals surface area contributed by atoms with E-state index in [1.165, 1.54) is 0 Å². The molecule has 0 spiro atoms. The average Bonchev–Trinajstić information content (AvgIpc) is 3.12. The fourth-order valence-corrected chi connectivity index (χ4v) is 2.76. The summed E-state index contributed by atoms with van der Waals surface area (Å²) in [6.07, 6.45) is 3.97. The lowest BCUT2D eigenvalue weighted by atomic mass is 10.1. The van der Waals surface area contributed by atoms with Crippen LogP contribution in [0.2, 0.25) is 0 Å². The van der Waals surface area contributed by atoms with E-state index in [9.17, 15) is 9.90 Å². The molecule has 1 fully saturated rings. The largest absolute Gasteiger partial charge is 0.480 e. The standard InChI is InChI=1S/C14H15BrN2O2/c15-10-3-4-12-11(5-10)9(6-16-12)7-17-13(14(18)19)8-1-2-8/h3-6,8,13,16-17H,1-2,7H2,(H,18,19). The van der Waals surface area contributed by atoms with Crippen molar-refractivity contribution in [3.05, 3.63) is 34.4 Å². The smallest absolute Gasteiger partial charge is 0.320 e. The van der Waals surface area contributed by atoms with Crippen LogP contribution in [0.4, 0.5) is 0 Å². The van der Waals surface area contributed by atoms with Crippen molar-refractivity contribution < 1.29 is 9.90 Å². The number of H-pyrrole nitrogens is 1. The molecule has 1 atom stereocenters. The third-order valence-electron chi connectivity index (χ3n) is 3.60. The molecule has 100 valence electrons. The second-order valence-corrected chi connectivity index (χ2v) is 5.95. The third kappa shape index (κ3) is 2.67. The molecule has 19 heavy (non-hydrogen) atoms. The number of halogens is 1. The van der Waals surface area contributed by atoms with Crippen LogP contribution in [0.25, 0.3) is 10.9 Å². The average molecular weight is 323 g/mol. The molecule has 1 heterocycles. The third-order valence-corrected chi connectivity index (χ3v) is 4.09. The molecule has 4 nitrogen and oxygen atoms in total. The molecule has 0 bridgehead atoms. The van der Waals surface area contributed by atoms with E-state index < -0.39 is 12.0 Å². The summed E-state index contributed by atoms with van der Waals surface area (Å²) >= 11 is 3.46. The number of fused-ring (bicyclic) bond motifs is 1. The molecule has 3 rings (SSSR count). The topological polar surface area (TPSA) is 65.1 Å². The molecule has 1 aromatic carbocycles. The van der Waals surface area contributed by atoms with Gasteiger partial charge in [0.1, 0.15) is 6.04 Å². The Labute approximate surface area is 119 Å². The number of carboxylic acid groups (broad SMARTS) is 1. The van der Waals surface area contributed by atoms with Gasteiger partial charge in [0.2, 0.25) is 0 Å². The lowest BCUT2D eigenvalue weighted by Gasteiger charge is -2.12. The Kier molecular flexibility index (Phi) is 3.33. The summed E-state index contributed by atoms with van der Waals surface area (Å²) in [5, 5.41) is 13.5. The summed E-state index contributed by atoms with van der Waals surface area (Å²) in [5.41, 5.74) is 2.17. The zero-order valence-corrected chi connectivity index (χ0v) is 11.9. The Balaban J connectivity index is 1.77. The van der Waals surface area contributed by atoms with Gasteiger partial charge in [-0.15, -0.1) is 0 Å². The van der Waals surface area contributed by atoms with Gasteiger partial charge in [0, 0.05) is 28.1 Å².